The average molecular weight is 484 g/mol. The third-order valence-electron chi connectivity index (χ3n) is 5.14. The highest BCUT2D eigenvalue weighted by Crippen LogP contribution is 2.32. The van der Waals surface area contributed by atoms with Gasteiger partial charge in [-0.1, -0.05) is 26.8 Å². The molecule has 0 spiro atoms. The molecule has 1 N–H and O–H groups in total. The smallest absolute Gasteiger partial charge is 0.387 e. The summed E-state index contributed by atoms with van der Waals surface area (Å²) in [7, 11) is -1.81. The fourth-order valence-electron chi connectivity index (χ4n) is 3.42. The maximum atomic E-state index is 12.6. The molecule has 1 saturated heterocycles. The Morgan fingerprint density at radius 1 is 1.27 bits per heavy atom. The Morgan fingerprint density at radius 3 is 2.58 bits per heavy atom. The van der Waals surface area contributed by atoms with Crippen molar-refractivity contribution in [3.8, 4) is 11.5 Å². The molecule has 33 heavy (non-hydrogen) atoms. The van der Waals surface area contributed by atoms with Crippen LogP contribution in [0.15, 0.2) is 30.3 Å². The van der Waals surface area contributed by atoms with Gasteiger partial charge in [0.1, 0.15) is 5.82 Å². The van der Waals surface area contributed by atoms with E-state index in [1.165, 1.54) is 37.5 Å². The van der Waals surface area contributed by atoms with Crippen molar-refractivity contribution in [1.29, 1.82) is 0 Å². The maximum Gasteiger partial charge on any atom is 0.387 e. The molecule has 0 bridgehead atoms. The number of alkyl halides is 2. The van der Waals surface area contributed by atoms with Gasteiger partial charge in [0.2, 0.25) is 5.91 Å². The van der Waals surface area contributed by atoms with E-state index < -0.39 is 22.4 Å². The first-order chi connectivity index (χ1) is 15.4. The van der Waals surface area contributed by atoms with Crippen LogP contribution in [0.4, 0.5) is 14.6 Å². The minimum absolute atomic E-state index is 0.0240. The second-order valence-electron chi connectivity index (χ2n) is 8.78. The number of ether oxygens (including phenoxy) is 2. The molecule has 180 valence electrons. The zero-order valence-corrected chi connectivity index (χ0v) is 19.7. The Balaban J connectivity index is 1.80. The molecule has 8 nitrogen and oxygen atoms in total. The van der Waals surface area contributed by atoms with Crippen LogP contribution in [0.1, 0.15) is 44.5 Å². The van der Waals surface area contributed by atoms with Crippen molar-refractivity contribution in [3.05, 3.63) is 41.6 Å². The van der Waals surface area contributed by atoms with Crippen LogP contribution in [0, 0.1) is 0 Å². The number of nitrogens with one attached hydrogen (secondary N) is 1. The molecule has 1 aromatic carbocycles. The number of carbonyl (C=O) groups is 1. The number of benzene rings is 1. The van der Waals surface area contributed by atoms with Gasteiger partial charge in [-0.2, -0.15) is 13.9 Å². The van der Waals surface area contributed by atoms with Crippen LogP contribution in [-0.4, -0.2) is 49.3 Å². The van der Waals surface area contributed by atoms with Crippen molar-refractivity contribution in [1.82, 2.24) is 9.78 Å². The molecular weight excluding hydrogens is 456 g/mol. The minimum Gasteiger partial charge on any atom is -0.493 e. The first-order valence-electron chi connectivity index (χ1n) is 10.3. The van der Waals surface area contributed by atoms with E-state index >= 15 is 0 Å². The maximum absolute atomic E-state index is 12.6. The van der Waals surface area contributed by atoms with E-state index in [4.69, 9.17) is 4.74 Å². The molecule has 3 rings (SSSR count). The third-order valence-corrected chi connectivity index (χ3v) is 6.89. The van der Waals surface area contributed by atoms with Crippen molar-refractivity contribution in [2.24, 2.45) is 0 Å². The summed E-state index contributed by atoms with van der Waals surface area (Å²) < 4.78 is 59.9. The van der Waals surface area contributed by atoms with Gasteiger partial charge in [0.25, 0.3) is 0 Å². The van der Waals surface area contributed by atoms with Gasteiger partial charge in [0.15, 0.2) is 21.3 Å². The van der Waals surface area contributed by atoms with Crippen LogP contribution in [0.5, 0.6) is 11.5 Å². The number of halogens is 2. The summed E-state index contributed by atoms with van der Waals surface area (Å²) in [5, 5.41) is 7.35. The van der Waals surface area contributed by atoms with Gasteiger partial charge in [-0.3, -0.25) is 4.79 Å². The normalized spacial score (nSPS) is 18.1. The highest BCUT2D eigenvalue weighted by Gasteiger charge is 2.32. The quantitative estimate of drug-likeness (QED) is 0.602. The molecule has 1 fully saturated rings. The molecule has 1 aliphatic rings. The predicted molar refractivity (Wildman–Crippen MR) is 121 cm³/mol. The number of methoxy groups -OCH3 is 1. The molecule has 0 aliphatic carbocycles. The SMILES string of the molecule is COc1cc(/C=C/C(=O)Nc2cc(C(C)(C)C)nn2C2CCS(=O)(=O)C2)ccc1OC(F)F. The predicted octanol–water partition coefficient (Wildman–Crippen LogP) is 3.80. The van der Waals surface area contributed by atoms with Gasteiger partial charge in [0, 0.05) is 17.6 Å². The summed E-state index contributed by atoms with van der Waals surface area (Å²) in [6.07, 6.45) is 3.20. The lowest BCUT2D eigenvalue weighted by Crippen LogP contribution is -2.19. The van der Waals surface area contributed by atoms with Crippen LogP contribution >= 0.6 is 0 Å². The van der Waals surface area contributed by atoms with Crippen molar-refractivity contribution in [2.75, 3.05) is 23.9 Å². The number of rotatable bonds is 7. The molecule has 1 atom stereocenters. The van der Waals surface area contributed by atoms with E-state index in [1.54, 1.807) is 10.7 Å². The van der Waals surface area contributed by atoms with E-state index in [0.29, 0.717) is 17.8 Å². The van der Waals surface area contributed by atoms with Crippen LogP contribution in [0.2, 0.25) is 0 Å². The zero-order chi connectivity index (χ0) is 24.4. The van der Waals surface area contributed by atoms with Gasteiger partial charge in [-0.15, -0.1) is 0 Å². The Kier molecular flexibility index (Phi) is 7.11. The average Bonchev–Trinajstić information content (AvgIpc) is 3.29. The standard InChI is InChI=1S/C22H27F2N3O5S/c1-22(2,3)18-12-19(27(26-18)15-9-10-33(29,30)13-15)25-20(28)8-6-14-5-7-16(32-21(23)24)17(11-14)31-4/h5-8,11-12,15,21H,9-10,13H2,1-4H3,(H,25,28)/b8-6+. The molecule has 2 aromatic rings. The zero-order valence-electron chi connectivity index (χ0n) is 18.8. The highest BCUT2D eigenvalue weighted by molar-refractivity contribution is 7.91. The number of amides is 1. The number of hydrogen-bond acceptors (Lipinski definition) is 6. The lowest BCUT2D eigenvalue weighted by Gasteiger charge is -2.15. The number of nitrogens with zero attached hydrogens (tertiary/aromatic N) is 2. The lowest BCUT2D eigenvalue weighted by atomic mass is 9.92. The van der Waals surface area contributed by atoms with Gasteiger partial charge in [0.05, 0.1) is 30.4 Å². The van der Waals surface area contributed by atoms with E-state index in [-0.39, 0.29) is 34.5 Å². The number of carbonyl (C=O) groups excluding carboxylic acids is 1. The summed E-state index contributed by atoms with van der Waals surface area (Å²) in [6.45, 7) is 2.95. The van der Waals surface area contributed by atoms with Crippen molar-refractivity contribution >= 4 is 27.6 Å². The van der Waals surface area contributed by atoms with Gasteiger partial charge in [-0.05, 0) is 30.2 Å². The van der Waals surface area contributed by atoms with Crippen LogP contribution in [0.25, 0.3) is 6.08 Å². The molecule has 1 unspecified atom stereocenters. The minimum atomic E-state index is -3.14. The largest absolute Gasteiger partial charge is 0.493 e. The summed E-state index contributed by atoms with van der Waals surface area (Å²) in [5.74, 6) is 0.0127. The van der Waals surface area contributed by atoms with Crippen LogP contribution in [-0.2, 0) is 20.0 Å². The molecule has 0 saturated carbocycles. The Bertz CT molecular complexity index is 1150. The first kappa shape index (κ1) is 24.7. The van der Waals surface area contributed by atoms with E-state index in [1.807, 2.05) is 20.8 Å². The number of hydrogen-bond donors (Lipinski definition) is 1. The highest BCUT2D eigenvalue weighted by atomic mass is 32.2. The monoisotopic (exact) mass is 483 g/mol. The van der Waals surface area contributed by atoms with Crippen molar-refractivity contribution < 1.29 is 31.5 Å². The molecule has 11 heteroatoms. The fraction of sp³-hybridized carbons (Fsp3) is 0.455. The molecule has 2 heterocycles. The first-order valence-corrected chi connectivity index (χ1v) is 12.1. The van der Waals surface area contributed by atoms with Gasteiger partial charge < -0.3 is 14.8 Å². The molecular formula is C22H27F2N3O5S. The number of aromatic nitrogens is 2. The fourth-order valence-corrected chi connectivity index (χ4v) is 5.11. The molecule has 0 radical (unpaired) electrons. The van der Waals surface area contributed by atoms with Gasteiger partial charge >= 0.3 is 6.61 Å². The van der Waals surface area contributed by atoms with E-state index in [2.05, 4.69) is 15.2 Å². The molecule has 1 aliphatic heterocycles. The van der Waals surface area contributed by atoms with Crippen molar-refractivity contribution in [2.45, 2.75) is 45.3 Å². The Labute approximate surface area is 191 Å². The Morgan fingerprint density at radius 2 is 2.00 bits per heavy atom. The second-order valence-corrected chi connectivity index (χ2v) is 11.0. The van der Waals surface area contributed by atoms with E-state index in [0.717, 1.165) is 5.69 Å². The summed E-state index contributed by atoms with van der Waals surface area (Å²) in [6, 6.07) is 5.70. The number of anilines is 1. The topological polar surface area (TPSA) is 99.5 Å². The van der Waals surface area contributed by atoms with Crippen molar-refractivity contribution in [3.63, 3.8) is 0 Å². The van der Waals surface area contributed by atoms with Crippen LogP contribution < -0.4 is 14.8 Å². The Hall–Kier alpha value is -2.95. The van der Waals surface area contributed by atoms with Crippen LogP contribution in [0.3, 0.4) is 0 Å². The van der Waals surface area contributed by atoms with E-state index in [9.17, 15) is 22.0 Å². The summed E-state index contributed by atoms with van der Waals surface area (Å²) in [5.41, 5.74) is 0.969. The molecule has 1 amide bonds. The number of sulfone groups is 1. The third kappa shape index (κ3) is 6.31. The summed E-state index contributed by atoms with van der Waals surface area (Å²) in [4.78, 5) is 12.6. The van der Waals surface area contributed by atoms with Gasteiger partial charge in [-0.25, -0.2) is 13.1 Å². The summed E-state index contributed by atoms with van der Waals surface area (Å²) >= 11 is 0. The second kappa shape index (κ2) is 9.50. The lowest BCUT2D eigenvalue weighted by molar-refractivity contribution is -0.111. The molecule has 1 aromatic heterocycles.